The minimum atomic E-state index is 0.528. The monoisotopic (exact) mass is 257 g/mol. The van der Waals surface area contributed by atoms with E-state index in [9.17, 15) is 4.79 Å². The van der Waals surface area contributed by atoms with E-state index < -0.39 is 0 Å². The van der Waals surface area contributed by atoms with Gasteiger partial charge in [0.1, 0.15) is 12.0 Å². The van der Waals surface area contributed by atoms with Gasteiger partial charge in [-0.05, 0) is 6.07 Å². The Balaban J connectivity index is 2.39. The van der Waals surface area contributed by atoms with Crippen LogP contribution in [0.2, 0.25) is 5.02 Å². The van der Waals surface area contributed by atoms with E-state index in [2.05, 4.69) is 15.0 Å². The molecule has 2 aromatic heterocycles. The SMILES string of the molecule is O=Cc1c[nH]c2ncnc(-c3ccccc3Cl)c12. The maximum Gasteiger partial charge on any atom is 0.152 e. The zero-order valence-electron chi connectivity index (χ0n) is 9.22. The number of halogens is 1. The molecule has 3 rings (SSSR count). The Kier molecular flexibility index (Phi) is 2.57. The number of hydrogen-bond donors (Lipinski definition) is 1. The molecule has 1 aromatic carbocycles. The molecule has 88 valence electrons. The zero-order chi connectivity index (χ0) is 12.5. The molecular formula is C13H8ClN3O. The predicted molar refractivity (Wildman–Crippen MR) is 69.7 cm³/mol. The lowest BCUT2D eigenvalue weighted by molar-refractivity contribution is 0.112. The van der Waals surface area contributed by atoms with Gasteiger partial charge in [-0.3, -0.25) is 4.79 Å². The van der Waals surface area contributed by atoms with Crippen LogP contribution in [0, 0.1) is 0 Å². The molecule has 0 spiro atoms. The van der Waals surface area contributed by atoms with E-state index >= 15 is 0 Å². The van der Waals surface area contributed by atoms with E-state index in [1.165, 1.54) is 6.33 Å². The third-order valence-electron chi connectivity index (χ3n) is 2.76. The summed E-state index contributed by atoms with van der Waals surface area (Å²) in [4.78, 5) is 22.3. The number of aromatic nitrogens is 3. The lowest BCUT2D eigenvalue weighted by Gasteiger charge is -2.04. The molecule has 0 saturated heterocycles. The molecule has 0 bridgehead atoms. The largest absolute Gasteiger partial charge is 0.345 e. The summed E-state index contributed by atoms with van der Waals surface area (Å²) in [6.07, 6.45) is 3.85. The summed E-state index contributed by atoms with van der Waals surface area (Å²) in [5.41, 5.74) is 2.60. The third kappa shape index (κ3) is 1.58. The lowest BCUT2D eigenvalue weighted by Crippen LogP contribution is -1.90. The fourth-order valence-corrected chi connectivity index (χ4v) is 2.16. The Morgan fingerprint density at radius 2 is 2.06 bits per heavy atom. The molecule has 0 amide bonds. The summed E-state index contributed by atoms with van der Waals surface area (Å²) in [5, 5.41) is 1.29. The Hall–Kier alpha value is -2.20. The van der Waals surface area contributed by atoms with Gasteiger partial charge in [0.2, 0.25) is 0 Å². The minimum absolute atomic E-state index is 0.528. The second kappa shape index (κ2) is 4.23. The van der Waals surface area contributed by atoms with E-state index in [-0.39, 0.29) is 0 Å². The number of aldehydes is 1. The van der Waals surface area contributed by atoms with Crippen LogP contribution in [-0.2, 0) is 0 Å². The van der Waals surface area contributed by atoms with E-state index in [1.54, 1.807) is 12.3 Å². The number of nitrogens with one attached hydrogen (secondary N) is 1. The average Bonchev–Trinajstić information content (AvgIpc) is 2.82. The number of carbonyl (C=O) groups is 1. The summed E-state index contributed by atoms with van der Waals surface area (Å²) >= 11 is 6.16. The minimum Gasteiger partial charge on any atom is -0.345 e. The van der Waals surface area contributed by atoms with Crippen LogP contribution in [0.4, 0.5) is 0 Å². The van der Waals surface area contributed by atoms with Crippen LogP contribution >= 0.6 is 11.6 Å². The molecule has 0 atom stereocenters. The van der Waals surface area contributed by atoms with Crippen LogP contribution in [0.25, 0.3) is 22.3 Å². The lowest BCUT2D eigenvalue weighted by atomic mass is 10.1. The van der Waals surface area contributed by atoms with Crippen molar-refractivity contribution in [2.45, 2.75) is 0 Å². The predicted octanol–water partition coefficient (Wildman–Crippen LogP) is 3.09. The van der Waals surface area contributed by atoms with Crippen molar-refractivity contribution in [1.82, 2.24) is 15.0 Å². The molecule has 18 heavy (non-hydrogen) atoms. The van der Waals surface area contributed by atoms with Crippen LogP contribution in [-0.4, -0.2) is 21.2 Å². The fraction of sp³-hybridized carbons (Fsp3) is 0. The van der Waals surface area contributed by atoms with Crippen molar-refractivity contribution in [2.75, 3.05) is 0 Å². The second-order valence-corrected chi connectivity index (χ2v) is 4.19. The molecule has 3 aromatic rings. The molecular weight excluding hydrogens is 250 g/mol. The summed E-state index contributed by atoms with van der Waals surface area (Å²) < 4.78 is 0. The van der Waals surface area contributed by atoms with Gasteiger partial charge < -0.3 is 4.98 Å². The highest BCUT2D eigenvalue weighted by Crippen LogP contribution is 2.31. The number of aromatic amines is 1. The molecule has 0 saturated carbocycles. The van der Waals surface area contributed by atoms with Crippen molar-refractivity contribution in [3.05, 3.63) is 47.4 Å². The molecule has 0 unspecified atom stereocenters. The maximum absolute atomic E-state index is 11.0. The van der Waals surface area contributed by atoms with Crippen molar-refractivity contribution in [3.63, 3.8) is 0 Å². The Bertz CT molecular complexity index is 736. The van der Waals surface area contributed by atoms with Gasteiger partial charge in [-0.15, -0.1) is 0 Å². The van der Waals surface area contributed by atoms with Crippen LogP contribution in [0.1, 0.15) is 10.4 Å². The Morgan fingerprint density at radius 3 is 2.83 bits per heavy atom. The summed E-state index contributed by atoms with van der Waals surface area (Å²) in [6.45, 7) is 0. The quantitative estimate of drug-likeness (QED) is 0.718. The van der Waals surface area contributed by atoms with E-state index in [0.29, 0.717) is 27.3 Å². The van der Waals surface area contributed by atoms with Crippen molar-refractivity contribution in [3.8, 4) is 11.3 Å². The van der Waals surface area contributed by atoms with Crippen LogP contribution in [0.5, 0.6) is 0 Å². The Morgan fingerprint density at radius 1 is 1.22 bits per heavy atom. The average molecular weight is 258 g/mol. The van der Waals surface area contributed by atoms with E-state index in [0.717, 1.165) is 11.8 Å². The number of rotatable bonds is 2. The summed E-state index contributed by atoms with van der Waals surface area (Å²) in [6, 6.07) is 7.38. The maximum atomic E-state index is 11.0. The second-order valence-electron chi connectivity index (χ2n) is 3.79. The van der Waals surface area contributed by atoms with Gasteiger partial charge in [-0.2, -0.15) is 0 Å². The highest BCUT2D eigenvalue weighted by molar-refractivity contribution is 6.33. The normalized spacial score (nSPS) is 10.7. The van der Waals surface area contributed by atoms with Crippen LogP contribution in [0.3, 0.4) is 0 Å². The molecule has 0 aliphatic carbocycles. The number of H-pyrrole nitrogens is 1. The first-order valence-electron chi connectivity index (χ1n) is 5.33. The summed E-state index contributed by atoms with van der Waals surface area (Å²) in [5.74, 6) is 0. The van der Waals surface area contributed by atoms with Crippen molar-refractivity contribution in [2.24, 2.45) is 0 Å². The van der Waals surface area contributed by atoms with Gasteiger partial charge in [-0.1, -0.05) is 29.8 Å². The van der Waals surface area contributed by atoms with Crippen LogP contribution in [0.15, 0.2) is 36.8 Å². The number of hydrogen-bond acceptors (Lipinski definition) is 3. The highest BCUT2D eigenvalue weighted by atomic mass is 35.5. The molecule has 4 nitrogen and oxygen atoms in total. The molecule has 2 heterocycles. The van der Waals surface area contributed by atoms with Gasteiger partial charge in [0.15, 0.2) is 6.29 Å². The molecule has 0 aliphatic heterocycles. The number of nitrogens with zero attached hydrogens (tertiary/aromatic N) is 2. The van der Waals surface area contributed by atoms with Gasteiger partial charge in [0, 0.05) is 22.3 Å². The zero-order valence-corrected chi connectivity index (χ0v) is 9.98. The van der Waals surface area contributed by atoms with Crippen LogP contribution < -0.4 is 0 Å². The number of fused-ring (bicyclic) bond motifs is 1. The molecule has 0 fully saturated rings. The first-order valence-corrected chi connectivity index (χ1v) is 5.71. The number of carbonyl (C=O) groups excluding carboxylic acids is 1. The van der Waals surface area contributed by atoms with Gasteiger partial charge in [0.05, 0.1) is 11.1 Å². The smallest absolute Gasteiger partial charge is 0.152 e. The fourth-order valence-electron chi connectivity index (χ4n) is 1.94. The topological polar surface area (TPSA) is 58.6 Å². The van der Waals surface area contributed by atoms with E-state index in [4.69, 9.17) is 11.6 Å². The molecule has 5 heteroatoms. The summed E-state index contributed by atoms with van der Waals surface area (Å²) in [7, 11) is 0. The Labute approximate surface area is 108 Å². The highest BCUT2D eigenvalue weighted by Gasteiger charge is 2.13. The standard InChI is InChI=1S/C13H8ClN3O/c14-10-4-2-1-3-9(10)12-11-8(6-18)5-15-13(11)17-7-16-12/h1-7H,(H,15,16,17). The van der Waals surface area contributed by atoms with Gasteiger partial charge in [0.25, 0.3) is 0 Å². The van der Waals surface area contributed by atoms with Crippen molar-refractivity contribution >= 4 is 28.9 Å². The molecule has 1 N–H and O–H groups in total. The molecule has 0 radical (unpaired) electrons. The van der Waals surface area contributed by atoms with E-state index in [1.807, 2.05) is 18.2 Å². The molecule has 0 aliphatic rings. The third-order valence-corrected chi connectivity index (χ3v) is 3.09. The number of benzene rings is 1. The van der Waals surface area contributed by atoms with Crippen molar-refractivity contribution in [1.29, 1.82) is 0 Å². The first-order chi connectivity index (χ1) is 8.81. The van der Waals surface area contributed by atoms with Crippen molar-refractivity contribution < 1.29 is 4.79 Å². The first kappa shape index (κ1) is 10.9. The van der Waals surface area contributed by atoms with Gasteiger partial charge in [-0.25, -0.2) is 9.97 Å². The van der Waals surface area contributed by atoms with Gasteiger partial charge >= 0.3 is 0 Å².